The summed E-state index contributed by atoms with van der Waals surface area (Å²) in [7, 11) is 0. The molecule has 1 N–H and O–H groups in total. The molecule has 0 saturated carbocycles. The number of rotatable bonds is 7. The molecule has 7 heteroatoms. The Labute approximate surface area is 149 Å². The normalized spacial score (nSPS) is 13.0. The molecule has 1 aromatic carbocycles. The fraction of sp³-hybridized carbons (Fsp3) is 0.444. The van der Waals surface area contributed by atoms with Crippen molar-refractivity contribution in [2.75, 3.05) is 5.32 Å². The number of carbonyl (C=O) groups excluding carboxylic acids is 1. The van der Waals surface area contributed by atoms with Crippen molar-refractivity contribution >= 4 is 34.0 Å². The second-order valence-electron chi connectivity index (χ2n) is 6.08. The van der Waals surface area contributed by atoms with Gasteiger partial charge in [-0.3, -0.25) is 9.78 Å². The first-order valence-electron chi connectivity index (χ1n) is 8.20. The van der Waals surface area contributed by atoms with Crippen LogP contribution in [-0.2, 0) is 0 Å². The largest absolute Gasteiger partial charge is 0.455 e. The molecule has 0 aliphatic rings. The number of Topliss-reactive ketones (excluding diaryl/α,β-unsaturated/α-hetero) is 1. The molecule has 136 valence electrons. The van der Waals surface area contributed by atoms with Crippen LogP contribution in [0.1, 0.15) is 49.9 Å². The Balaban J connectivity index is 2.46. The van der Waals surface area contributed by atoms with Crippen LogP contribution in [-0.4, -0.2) is 23.0 Å². The minimum absolute atomic E-state index is 0.0763. The van der Waals surface area contributed by atoms with E-state index >= 15 is 0 Å². The van der Waals surface area contributed by atoms with E-state index in [1.165, 1.54) is 0 Å². The van der Waals surface area contributed by atoms with Gasteiger partial charge in [0.05, 0.1) is 16.8 Å². The average Bonchev–Trinajstić information content (AvgIpc) is 2.53. The summed E-state index contributed by atoms with van der Waals surface area (Å²) in [6.07, 6.45) is -0.125. The standard InChI is InChI=1S/C18H20ClF3N2O/c1-3-4-5-6-11(2)24-16-13-8-7-12(19)9-15(13)23-10-14(16)17(25)18(20,21)22/h7-11H,3-6H2,1-2H3,(H,23,24). The van der Waals surface area contributed by atoms with Gasteiger partial charge in [-0.15, -0.1) is 0 Å². The summed E-state index contributed by atoms with van der Waals surface area (Å²) in [6.45, 7) is 3.97. The first kappa shape index (κ1) is 19.5. The lowest BCUT2D eigenvalue weighted by molar-refractivity contribution is -0.0884. The van der Waals surface area contributed by atoms with Gasteiger partial charge >= 0.3 is 6.18 Å². The highest BCUT2D eigenvalue weighted by atomic mass is 35.5. The van der Waals surface area contributed by atoms with Crippen LogP contribution in [0.2, 0.25) is 5.02 Å². The highest BCUT2D eigenvalue weighted by molar-refractivity contribution is 6.31. The van der Waals surface area contributed by atoms with Crippen molar-refractivity contribution in [2.24, 2.45) is 0 Å². The molecule has 0 amide bonds. The lowest BCUT2D eigenvalue weighted by atomic mass is 10.0. The lowest BCUT2D eigenvalue weighted by Gasteiger charge is -2.20. The van der Waals surface area contributed by atoms with Crippen LogP contribution in [0.15, 0.2) is 24.4 Å². The molecule has 0 radical (unpaired) electrons. The molecule has 0 aliphatic heterocycles. The number of unbranched alkanes of at least 4 members (excludes halogenated alkanes) is 2. The van der Waals surface area contributed by atoms with Crippen molar-refractivity contribution < 1.29 is 18.0 Å². The number of anilines is 1. The summed E-state index contributed by atoms with van der Waals surface area (Å²) in [5.41, 5.74) is 0.132. The maximum atomic E-state index is 12.9. The van der Waals surface area contributed by atoms with Crippen LogP contribution in [0.4, 0.5) is 18.9 Å². The van der Waals surface area contributed by atoms with Gasteiger partial charge in [0.1, 0.15) is 0 Å². The molecular weight excluding hydrogens is 353 g/mol. The first-order chi connectivity index (χ1) is 11.7. The second kappa shape index (κ2) is 8.04. The second-order valence-corrected chi connectivity index (χ2v) is 6.51. The van der Waals surface area contributed by atoms with Crippen LogP contribution < -0.4 is 5.32 Å². The van der Waals surface area contributed by atoms with Gasteiger partial charge in [0, 0.05) is 22.6 Å². The number of ketones is 1. The van der Waals surface area contributed by atoms with E-state index in [-0.39, 0.29) is 11.7 Å². The SMILES string of the molecule is CCCCCC(C)Nc1c(C(=O)C(F)(F)F)cnc2cc(Cl)ccc12. The van der Waals surface area contributed by atoms with E-state index in [4.69, 9.17) is 11.6 Å². The number of pyridine rings is 1. The number of halogens is 4. The van der Waals surface area contributed by atoms with Crippen LogP contribution in [0.25, 0.3) is 10.9 Å². The van der Waals surface area contributed by atoms with Crippen molar-refractivity contribution in [1.82, 2.24) is 4.98 Å². The minimum atomic E-state index is -4.95. The number of alkyl halides is 3. The summed E-state index contributed by atoms with van der Waals surface area (Å²) in [6, 6.07) is 4.64. The minimum Gasteiger partial charge on any atom is -0.381 e. The third-order valence-corrected chi connectivity index (χ3v) is 4.20. The van der Waals surface area contributed by atoms with Gasteiger partial charge in [-0.1, -0.05) is 37.8 Å². The number of benzene rings is 1. The Morgan fingerprint density at radius 3 is 2.68 bits per heavy atom. The third-order valence-electron chi connectivity index (χ3n) is 3.96. The fourth-order valence-corrected chi connectivity index (χ4v) is 2.83. The zero-order chi connectivity index (χ0) is 18.6. The molecule has 1 heterocycles. The molecule has 25 heavy (non-hydrogen) atoms. The van der Waals surface area contributed by atoms with E-state index in [2.05, 4.69) is 17.2 Å². The summed E-state index contributed by atoms with van der Waals surface area (Å²) < 4.78 is 38.8. The predicted molar refractivity (Wildman–Crippen MR) is 94.4 cm³/mol. The van der Waals surface area contributed by atoms with Crippen LogP contribution >= 0.6 is 11.6 Å². The van der Waals surface area contributed by atoms with Crippen LogP contribution in [0.3, 0.4) is 0 Å². The molecule has 2 aromatic rings. The van der Waals surface area contributed by atoms with Crippen molar-refractivity contribution in [3.05, 3.63) is 35.0 Å². The van der Waals surface area contributed by atoms with Gasteiger partial charge in [0.15, 0.2) is 0 Å². The number of hydrogen-bond acceptors (Lipinski definition) is 3. The molecule has 1 unspecified atom stereocenters. The first-order valence-corrected chi connectivity index (χ1v) is 8.58. The Morgan fingerprint density at radius 2 is 2.04 bits per heavy atom. The maximum Gasteiger partial charge on any atom is 0.455 e. The Hall–Kier alpha value is -1.82. The van der Waals surface area contributed by atoms with E-state index in [1.54, 1.807) is 18.2 Å². The van der Waals surface area contributed by atoms with Gasteiger partial charge in [0.25, 0.3) is 5.78 Å². The average molecular weight is 373 g/mol. The number of hydrogen-bond donors (Lipinski definition) is 1. The van der Waals surface area contributed by atoms with Gasteiger partial charge < -0.3 is 5.32 Å². The van der Waals surface area contributed by atoms with Crippen molar-refractivity contribution in [1.29, 1.82) is 0 Å². The highest BCUT2D eigenvalue weighted by Gasteiger charge is 2.41. The third kappa shape index (κ3) is 4.84. The molecule has 1 aromatic heterocycles. The van der Waals surface area contributed by atoms with E-state index in [9.17, 15) is 18.0 Å². The number of carbonyl (C=O) groups is 1. The van der Waals surface area contributed by atoms with Gasteiger partial charge in [-0.2, -0.15) is 13.2 Å². The zero-order valence-electron chi connectivity index (χ0n) is 14.1. The summed E-state index contributed by atoms with van der Waals surface area (Å²) in [5.74, 6) is -1.90. The van der Waals surface area contributed by atoms with Gasteiger partial charge in [-0.25, -0.2) is 0 Å². The number of nitrogens with one attached hydrogen (secondary N) is 1. The molecule has 0 bridgehead atoms. The number of aromatic nitrogens is 1. The van der Waals surface area contributed by atoms with E-state index in [1.807, 2.05) is 6.92 Å². The predicted octanol–water partition coefficient (Wildman–Crippen LogP) is 6.01. The molecule has 0 spiro atoms. The smallest absolute Gasteiger partial charge is 0.381 e. The molecular formula is C18H20ClF3N2O. The summed E-state index contributed by atoms with van der Waals surface area (Å²) in [5, 5.41) is 3.95. The number of fused-ring (bicyclic) bond motifs is 1. The van der Waals surface area contributed by atoms with Crippen LogP contribution in [0, 0.1) is 0 Å². The van der Waals surface area contributed by atoms with Gasteiger partial charge in [0.2, 0.25) is 0 Å². The Kier molecular flexibility index (Phi) is 6.27. The molecule has 1 atom stereocenters. The summed E-state index contributed by atoms with van der Waals surface area (Å²) in [4.78, 5) is 15.8. The molecule has 0 fully saturated rings. The molecule has 0 aliphatic carbocycles. The quantitative estimate of drug-likeness (QED) is 0.477. The molecule has 3 nitrogen and oxygen atoms in total. The lowest BCUT2D eigenvalue weighted by Crippen LogP contribution is -2.26. The Morgan fingerprint density at radius 1 is 1.32 bits per heavy atom. The van der Waals surface area contributed by atoms with E-state index in [0.29, 0.717) is 15.9 Å². The topological polar surface area (TPSA) is 42.0 Å². The van der Waals surface area contributed by atoms with Crippen LogP contribution in [0.5, 0.6) is 0 Å². The van der Waals surface area contributed by atoms with E-state index in [0.717, 1.165) is 31.9 Å². The monoisotopic (exact) mass is 372 g/mol. The van der Waals surface area contributed by atoms with E-state index < -0.39 is 17.5 Å². The zero-order valence-corrected chi connectivity index (χ0v) is 14.8. The number of nitrogens with zero attached hydrogens (tertiary/aromatic N) is 1. The molecule has 0 saturated heterocycles. The summed E-state index contributed by atoms with van der Waals surface area (Å²) >= 11 is 5.93. The van der Waals surface area contributed by atoms with Crippen molar-refractivity contribution in [3.8, 4) is 0 Å². The highest BCUT2D eigenvalue weighted by Crippen LogP contribution is 2.33. The fourth-order valence-electron chi connectivity index (χ4n) is 2.67. The molecule has 2 rings (SSSR count). The Bertz CT molecular complexity index is 762. The maximum absolute atomic E-state index is 12.9. The van der Waals surface area contributed by atoms with Gasteiger partial charge in [-0.05, 0) is 31.5 Å². The van der Waals surface area contributed by atoms with Crippen molar-refractivity contribution in [3.63, 3.8) is 0 Å². The van der Waals surface area contributed by atoms with Crippen molar-refractivity contribution in [2.45, 2.75) is 51.7 Å².